The second-order valence-corrected chi connectivity index (χ2v) is 11.1. The van der Waals surface area contributed by atoms with E-state index in [2.05, 4.69) is 35.1 Å². The van der Waals surface area contributed by atoms with E-state index in [-0.39, 0.29) is 10.8 Å². The van der Waals surface area contributed by atoms with E-state index in [1.54, 1.807) is 24.7 Å². The minimum absolute atomic E-state index is 0.0649. The van der Waals surface area contributed by atoms with Gasteiger partial charge in [-0.25, -0.2) is 23.4 Å². The van der Waals surface area contributed by atoms with Crippen molar-refractivity contribution in [3.05, 3.63) is 96.4 Å². The molecule has 194 valence electrons. The van der Waals surface area contributed by atoms with E-state index in [0.29, 0.717) is 17.9 Å². The summed E-state index contributed by atoms with van der Waals surface area (Å²) in [4.78, 5) is 17.1. The maximum atomic E-state index is 11.7. The number of hydrogen-bond acceptors (Lipinski definition) is 8. The Balaban J connectivity index is 1.32. The van der Waals surface area contributed by atoms with Crippen molar-refractivity contribution >= 4 is 60.6 Å². The van der Waals surface area contributed by atoms with Crippen LogP contribution in [0.2, 0.25) is 5.15 Å². The van der Waals surface area contributed by atoms with Crippen LogP contribution in [0, 0.1) is 0 Å². The number of fused-ring (bicyclic) bond motifs is 2. The first-order chi connectivity index (χ1) is 18.8. The zero-order chi connectivity index (χ0) is 27.0. The molecular formula is C27H21ClN8O2S. The molecule has 10 nitrogen and oxygen atoms in total. The number of pyridine rings is 2. The van der Waals surface area contributed by atoms with Gasteiger partial charge < -0.3 is 5.32 Å². The van der Waals surface area contributed by atoms with Crippen LogP contribution >= 0.6 is 11.6 Å². The summed E-state index contributed by atoms with van der Waals surface area (Å²) < 4.78 is 27.8. The minimum atomic E-state index is -3.52. The van der Waals surface area contributed by atoms with Gasteiger partial charge in [0.25, 0.3) is 0 Å². The summed E-state index contributed by atoms with van der Waals surface area (Å²) in [6.07, 6.45) is 9.54. The van der Waals surface area contributed by atoms with Crippen LogP contribution in [0.5, 0.6) is 0 Å². The average Bonchev–Trinajstić information content (AvgIpc) is 3.31. The molecule has 0 fully saturated rings. The molecule has 0 aliphatic heterocycles. The van der Waals surface area contributed by atoms with E-state index in [4.69, 9.17) is 11.6 Å². The molecule has 0 bridgehead atoms. The van der Waals surface area contributed by atoms with Crippen molar-refractivity contribution in [2.45, 2.75) is 6.54 Å². The predicted molar refractivity (Wildman–Crippen MR) is 153 cm³/mol. The molecular weight excluding hydrogens is 536 g/mol. The third-order valence-corrected chi connectivity index (χ3v) is 6.98. The normalized spacial score (nSPS) is 11.6. The fraction of sp³-hybridized carbons (Fsp3) is 0.0741. The maximum Gasteiger partial charge on any atom is 0.229 e. The lowest BCUT2D eigenvalue weighted by Gasteiger charge is -2.11. The number of benzene rings is 2. The van der Waals surface area contributed by atoms with Gasteiger partial charge in [0.15, 0.2) is 5.15 Å². The molecule has 4 heterocycles. The summed E-state index contributed by atoms with van der Waals surface area (Å²) in [5.41, 5.74) is 5.43. The van der Waals surface area contributed by atoms with Crippen molar-refractivity contribution in [3.63, 3.8) is 0 Å². The number of halogens is 1. The zero-order valence-electron chi connectivity index (χ0n) is 20.6. The molecule has 0 spiro atoms. The van der Waals surface area contributed by atoms with Crippen LogP contribution in [-0.2, 0) is 16.6 Å². The van der Waals surface area contributed by atoms with Gasteiger partial charge in [-0.15, -0.1) is 0 Å². The lowest BCUT2D eigenvalue weighted by Crippen LogP contribution is -2.10. The maximum absolute atomic E-state index is 11.7. The Morgan fingerprint density at radius 3 is 2.59 bits per heavy atom. The molecule has 39 heavy (non-hydrogen) atoms. The molecule has 2 N–H and O–H groups in total. The summed E-state index contributed by atoms with van der Waals surface area (Å²) in [6, 6.07) is 17.3. The molecule has 12 heteroatoms. The number of nitrogens with one attached hydrogen (secondary N) is 2. The van der Waals surface area contributed by atoms with E-state index < -0.39 is 10.0 Å². The lowest BCUT2D eigenvalue weighted by molar-refractivity contribution is 0.607. The van der Waals surface area contributed by atoms with Gasteiger partial charge in [0.2, 0.25) is 10.0 Å². The highest BCUT2D eigenvalue weighted by Gasteiger charge is 2.12. The van der Waals surface area contributed by atoms with Crippen molar-refractivity contribution in [2.24, 2.45) is 0 Å². The Bertz CT molecular complexity index is 1940. The highest BCUT2D eigenvalue weighted by atomic mass is 35.5. The molecule has 0 aliphatic rings. The van der Waals surface area contributed by atoms with Crippen molar-refractivity contribution in [1.82, 2.24) is 29.7 Å². The monoisotopic (exact) mass is 556 g/mol. The van der Waals surface area contributed by atoms with Crippen LogP contribution in [-0.4, -0.2) is 44.4 Å². The fourth-order valence-electron chi connectivity index (χ4n) is 4.30. The first-order valence-corrected chi connectivity index (χ1v) is 14.1. The fourth-order valence-corrected chi connectivity index (χ4v) is 5.06. The third-order valence-electron chi connectivity index (χ3n) is 6.09. The van der Waals surface area contributed by atoms with Gasteiger partial charge in [-0.3, -0.25) is 14.4 Å². The van der Waals surface area contributed by atoms with Crippen LogP contribution < -0.4 is 10.0 Å². The van der Waals surface area contributed by atoms with Crippen molar-refractivity contribution < 1.29 is 8.42 Å². The van der Waals surface area contributed by atoms with Crippen LogP contribution in [0.15, 0.2) is 85.7 Å². The summed E-state index contributed by atoms with van der Waals surface area (Å²) in [5, 5.41) is 9.80. The molecule has 0 unspecified atom stereocenters. The number of sulfonamides is 1. The Labute approximate surface area is 228 Å². The molecule has 4 aromatic heterocycles. The van der Waals surface area contributed by atoms with Crippen molar-refractivity contribution in [1.29, 1.82) is 0 Å². The molecule has 0 aliphatic carbocycles. The summed E-state index contributed by atoms with van der Waals surface area (Å²) >= 11 is 6.11. The Hall–Kier alpha value is -4.61. The number of rotatable bonds is 7. The number of aromatic nitrogens is 6. The highest BCUT2D eigenvalue weighted by Crippen LogP contribution is 2.32. The van der Waals surface area contributed by atoms with Gasteiger partial charge in [-0.05, 0) is 59.7 Å². The Kier molecular flexibility index (Phi) is 6.29. The molecule has 0 saturated carbocycles. The molecule has 6 aromatic rings. The second-order valence-electron chi connectivity index (χ2n) is 8.95. The van der Waals surface area contributed by atoms with Crippen LogP contribution in [0.4, 0.5) is 17.2 Å². The molecule has 0 saturated heterocycles. The van der Waals surface area contributed by atoms with Gasteiger partial charge in [0.1, 0.15) is 12.1 Å². The lowest BCUT2D eigenvalue weighted by atomic mass is 10.0. The Morgan fingerprint density at radius 2 is 1.77 bits per heavy atom. The van der Waals surface area contributed by atoms with E-state index >= 15 is 0 Å². The van der Waals surface area contributed by atoms with Crippen LogP contribution in [0.25, 0.3) is 32.9 Å². The molecule has 2 aromatic carbocycles. The van der Waals surface area contributed by atoms with Gasteiger partial charge in [0.05, 0.1) is 35.7 Å². The van der Waals surface area contributed by atoms with Crippen LogP contribution in [0.1, 0.15) is 5.56 Å². The first-order valence-electron chi connectivity index (χ1n) is 11.8. The summed E-state index contributed by atoms with van der Waals surface area (Å²) in [6.45, 7) is 0.652. The predicted octanol–water partition coefficient (Wildman–Crippen LogP) is 5.25. The van der Waals surface area contributed by atoms with E-state index in [1.165, 1.54) is 6.33 Å². The van der Waals surface area contributed by atoms with Gasteiger partial charge in [-0.2, -0.15) is 5.10 Å². The second kappa shape index (κ2) is 9.93. The highest BCUT2D eigenvalue weighted by molar-refractivity contribution is 7.92. The van der Waals surface area contributed by atoms with Gasteiger partial charge in [-0.1, -0.05) is 17.7 Å². The van der Waals surface area contributed by atoms with Gasteiger partial charge >= 0.3 is 0 Å². The molecule has 0 radical (unpaired) electrons. The number of anilines is 3. The number of nitrogens with zero attached hydrogens (tertiary/aromatic N) is 6. The van der Waals surface area contributed by atoms with Crippen LogP contribution in [0.3, 0.4) is 0 Å². The zero-order valence-corrected chi connectivity index (χ0v) is 22.1. The largest absolute Gasteiger partial charge is 0.340 e. The number of hydrogen-bond donors (Lipinski definition) is 2. The summed E-state index contributed by atoms with van der Waals surface area (Å²) in [5.74, 6) is 0.627. The third kappa shape index (κ3) is 5.35. The van der Waals surface area contributed by atoms with Crippen molar-refractivity contribution in [2.75, 3.05) is 16.3 Å². The molecule has 0 amide bonds. The first kappa shape index (κ1) is 24.7. The van der Waals surface area contributed by atoms with E-state index in [0.717, 1.165) is 44.9 Å². The topological polar surface area (TPSA) is 128 Å². The quantitative estimate of drug-likeness (QED) is 0.255. The average molecular weight is 557 g/mol. The minimum Gasteiger partial charge on any atom is -0.340 e. The van der Waals surface area contributed by atoms with E-state index in [1.807, 2.05) is 59.4 Å². The Morgan fingerprint density at radius 1 is 0.923 bits per heavy atom. The van der Waals surface area contributed by atoms with Crippen molar-refractivity contribution in [3.8, 4) is 11.1 Å². The van der Waals surface area contributed by atoms with Gasteiger partial charge in [0, 0.05) is 40.6 Å². The SMILES string of the molecule is CS(=O)(=O)Nc1cc(-c2ccc3ncnc(Nc4ccc5c(cnn5Cc5ccncc5)c4)c3c2)cnc1Cl. The standard InChI is InChI=1S/C27H21ClN8O2S/c1-39(37,38)35-24-12-19(13-30-26(24)28)18-2-4-23-22(11-18)27(32-16-31-23)34-21-3-5-25-20(10-21)14-33-36(25)15-17-6-8-29-9-7-17/h2-14,16,35H,15H2,1H3,(H,31,32,34). The smallest absolute Gasteiger partial charge is 0.229 e. The molecule has 0 atom stereocenters. The van der Waals surface area contributed by atoms with E-state index in [9.17, 15) is 8.42 Å². The molecule has 6 rings (SSSR count). The summed E-state index contributed by atoms with van der Waals surface area (Å²) in [7, 11) is -3.52.